The number of ether oxygens (including phenoxy) is 2. The van der Waals surface area contributed by atoms with Crippen LogP contribution in [0.1, 0.15) is 41.0 Å². The van der Waals surface area contributed by atoms with Gasteiger partial charge in [0.15, 0.2) is 0 Å². The van der Waals surface area contributed by atoms with Gasteiger partial charge in [-0.2, -0.15) is 0 Å². The van der Waals surface area contributed by atoms with Gasteiger partial charge in [0.25, 0.3) is 0 Å². The van der Waals surface area contributed by atoms with Crippen LogP contribution in [0.3, 0.4) is 0 Å². The Labute approximate surface area is 103 Å². The Hall–Kier alpha value is -1.26. The number of amides is 1. The summed E-state index contributed by atoms with van der Waals surface area (Å²) in [7, 11) is 1.30. The summed E-state index contributed by atoms with van der Waals surface area (Å²) in [5.41, 5.74) is -0.581. The molecule has 0 spiro atoms. The van der Waals surface area contributed by atoms with Crippen molar-refractivity contribution < 1.29 is 19.1 Å². The lowest BCUT2D eigenvalue weighted by atomic mass is 10.0. The second-order valence-electron chi connectivity index (χ2n) is 5.35. The van der Waals surface area contributed by atoms with Crippen LogP contribution in [-0.4, -0.2) is 30.8 Å². The second-order valence-corrected chi connectivity index (χ2v) is 5.35. The van der Waals surface area contributed by atoms with Crippen molar-refractivity contribution in [3.63, 3.8) is 0 Å². The van der Waals surface area contributed by atoms with Gasteiger partial charge in [-0.15, -0.1) is 0 Å². The van der Waals surface area contributed by atoms with Gasteiger partial charge in [0.2, 0.25) is 0 Å². The molecule has 5 nitrogen and oxygen atoms in total. The fraction of sp³-hybridized carbons (Fsp3) is 0.833. The average molecular weight is 245 g/mol. The first-order valence-corrected chi connectivity index (χ1v) is 5.73. The molecule has 100 valence electrons. The van der Waals surface area contributed by atoms with Gasteiger partial charge in [0, 0.05) is 0 Å². The fourth-order valence-corrected chi connectivity index (χ4v) is 1.28. The second kappa shape index (κ2) is 6.47. The summed E-state index contributed by atoms with van der Waals surface area (Å²) >= 11 is 0. The van der Waals surface area contributed by atoms with Crippen molar-refractivity contribution in [2.24, 2.45) is 5.92 Å². The maximum Gasteiger partial charge on any atom is 0.408 e. The van der Waals surface area contributed by atoms with E-state index in [1.54, 1.807) is 20.8 Å². The van der Waals surface area contributed by atoms with Crippen LogP contribution in [0.4, 0.5) is 4.79 Å². The number of rotatable bonds is 4. The first-order valence-electron chi connectivity index (χ1n) is 5.73. The number of nitrogens with one attached hydrogen (secondary N) is 1. The Morgan fingerprint density at radius 1 is 1.24 bits per heavy atom. The Morgan fingerprint density at radius 3 is 2.12 bits per heavy atom. The molecule has 0 saturated carbocycles. The van der Waals surface area contributed by atoms with Crippen LogP contribution in [-0.2, 0) is 14.3 Å². The molecule has 0 rings (SSSR count). The van der Waals surface area contributed by atoms with Crippen molar-refractivity contribution in [3.05, 3.63) is 0 Å². The quantitative estimate of drug-likeness (QED) is 0.770. The largest absolute Gasteiger partial charge is 0.467 e. The van der Waals surface area contributed by atoms with Crippen molar-refractivity contribution in [1.82, 2.24) is 5.32 Å². The molecule has 0 bridgehead atoms. The van der Waals surface area contributed by atoms with Gasteiger partial charge in [-0.1, -0.05) is 13.8 Å². The minimum Gasteiger partial charge on any atom is -0.467 e. The van der Waals surface area contributed by atoms with Crippen molar-refractivity contribution in [2.45, 2.75) is 52.7 Å². The summed E-state index contributed by atoms with van der Waals surface area (Å²) in [5.74, 6) is -0.182. The molecule has 0 radical (unpaired) electrons. The number of hydrogen-bond acceptors (Lipinski definition) is 4. The molecule has 0 aromatic carbocycles. The normalized spacial score (nSPS) is 13.1. The van der Waals surface area contributed by atoms with Crippen LogP contribution in [0, 0.1) is 5.92 Å². The van der Waals surface area contributed by atoms with Crippen LogP contribution in [0.5, 0.6) is 0 Å². The van der Waals surface area contributed by atoms with E-state index < -0.39 is 23.7 Å². The predicted molar refractivity (Wildman–Crippen MR) is 64.6 cm³/mol. The fourth-order valence-electron chi connectivity index (χ4n) is 1.28. The van der Waals surface area contributed by atoms with Crippen molar-refractivity contribution >= 4 is 12.1 Å². The summed E-state index contributed by atoms with van der Waals surface area (Å²) in [6.07, 6.45) is -0.0834. The number of esters is 1. The van der Waals surface area contributed by atoms with E-state index in [2.05, 4.69) is 10.1 Å². The first kappa shape index (κ1) is 15.7. The molecule has 5 heteroatoms. The molecule has 17 heavy (non-hydrogen) atoms. The molecule has 0 saturated heterocycles. The maximum atomic E-state index is 11.5. The monoisotopic (exact) mass is 245 g/mol. The van der Waals surface area contributed by atoms with Gasteiger partial charge < -0.3 is 14.8 Å². The van der Waals surface area contributed by atoms with E-state index in [0.717, 1.165) is 0 Å². The Kier molecular flexibility index (Phi) is 5.99. The van der Waals surface area contributed by atoms with Gasteiger partial charge >= 0.3 is 12.1 Å². The third-order valence-corrected chi connectivity index (χ3v) is 1.88. The molecule has 1 N–H and O–H groups in total. The van der Waals surface area contributed by atoms with E-state index in [1.807, 2.05) is 13.8 Å². The van der Waals surface area contributed by atoms with Crippen LogP contribution < -0.4 is 5.32 Å². The van der Waals surface area contributed by atoms with Crippen molar-refractivity contribution in [1.29, 1.82) is 0 Å². The standard InChI is InChI=1S/C12H23NO4/c1-8(2)7-9(10(14)16-6)13-11(15)17-12(3,4)5/h8-9H,7H2,1-6H3,(H,13,15)/t9-/m0/s1. The molecule has 0 unspecified atom stereocenters. The molecule has 0 aromatic rings. The van der Waals surface area contributed by atoms with Gasteiger partial charge in [-0.05, 0) is 33.1 Å². The molecule has 0 aromatic heterocycles. The highest BCUT2D eigenvalue weighted by molar-refractivity contribution is 5.81. The molecular formula is C12H23NO4. The van der Waals surface area contributed by atoms with E-state index >= 15 is 0 Å². The third-order valence-electron chi connectivity index (χ3n) is 1.88. The summed E-state index contributed by atoms with van der Waals surface area (Å²) in [5, 5.41) is 2.52. The zero-order valence-electron chi connectivity index (χ0n) is 11.5. The Balaban J connectivity index is 4.43. The number of hydrogen-bond donors (Lipinski definition) is 1. The SMILES string of the molecule is COC(=O)[C@H](CC(C)C)NC(=O)OC(C)(C)C. The average Bonchev–Trinajstić information content (AvgIpc) is 2.11. The molecule has 1 amide bonds. The highest BCUT2D eigenvalue weighted by Crippen LogP contribution is 2.10. The summed E-state index contributed by atoms with van der Waals surface area (Å²) in [4.78, 5) is 23.0. The van der Waals surface area contributed by atoms with E-state index in [-0.39, 0.29) is 5.92 Å². The lowest BCUT2D eigenvalue weighted by Crippen LogP contribution is -2.44. The highest BCUT2D eigenvalue weighted by atomic mass is 16.6. The first-order chi connectivity index (χ1) is 7.65. The predicted octanol–water partition coefficient (Wildman–Crippen LogP) is 2.10. The molecule has 0 aliphatic carbocycles. The smallest absolute Gasteiger partial charge is 0.408 e. The summed E-state index contributed by atoms with van der Waals surface area (Å²) in [6.45, 7) is 9.23. The molecule has 0 aliphatic heterocycles. The molecule has 0 aliphatic rings. The van der Waals surface area contributed by atoms with Crippen LogP contribution in [0.15, 0.2) is 0 Å². The molecule has 0 fully saturated rings. The van der Waals surface area contributed by atoms with Gasteiger partial charge in [0.1, 0.15) is 11.6 Å². The lowest BCUT2D eigenvalue weighted by molar-refractivity contribution is -0.143. The summed E-state index contributed by atoms with van der Waals surface area (Å²) in [6, 6.07) is -0.658. The highest BCUT2D eigenvalue weighted by Gasteiger charge is 2.25. The third kappa shape index (κ3) is 7.60. The lowest BCUT2D eigenvalue weighted by Gasteiger charge is -2.23. The Bertz CT molecular complexity index is 268. The maximum absolute atomic E-state index is 11.5. The zero-order valence-corrected chi connectivity index (χ0v) is 11.5. The topological polar surface area (TPSA) is 64.6 Å². The van der Waals surface area contributed by atoms with E-state index in [9.17, 15) is 9.59 Å². The van der Waals surface area contributed by atoms with Gasteiger partial charge in [-0.3, -0.25) is 0 Å². The number of methoxy groups -OCH3 is 1. The molecular weight excluding hydrogens is 222 g/mol. The van der Waals surface area contributed by atoms with Crippen LogP contribution >= 0.6 is 0 Å². The van der Waals surface area contributed by atoms with Gasteiger partial charge in [0.05, 0.1) is 7.11 Å². The number of alkyl carbamates (subject to hydrolysis) is 1. The van der Waals surface area contributed by atoms with Crippen molar-refractivity contribution in [3.8, 4) is 0 Å². The van der Waals surface area contributed by atoms with Crippen LogP contribution in [0.2, 0.25) is 0 Å². The van der Waals surface area contributed by atoms with E-state index in [0.29, 0.717) is 6.42 Å². The minimum absolute atomic E-state index is 0.272. The minimum atomic E-state index is -0.658. The van der Waals surface area contributed by atoms with E-state index in [4.69, 9.17) is 4.74 Å². The zero-order chi connectivity index (χ0) is 13.6. The van der Waals surface area contributed by atoms with Crippen LogP contribution in [0.25, 0.3) is 0 Å². The molecule has 0 heterocycles. The summed E-state index contributed by atoms with van der Waals surface area (Å²) < 4.78 is 9.72. The van der Waals surface area contributed by atoms with Crippen molar-refractivity contribution in [2.75, 3.05) is 7.11 Å². The van der Waals surface area contributed by atoms with Gasteiger partial charge in [-0.25, -0.2) is 9.59 Å². The number of carbonyl (C=O) groups is 2. The molecule has 1 atom stereocenters. The Morgan fingerprint density at radius 2 is 1.76 bits per heavy atom. The number of carbonyl (C=O) groups excluding carboxylic acids is 2. The van der Waals surface area contributed by atoms with E-state index in [1.165, 1.54) is 7.11 Å².